The molecule has 27 heavy (non-hydrogen) atoms. The Balaban J connectivity index is 1.42. The lowest BCUT2D eigenvalue weighted by Crippen LogP contribution is -2.27. The summed E-state index contributed by atoms with van der Waals surface area (Å²) in [6, 6.07) is 4.59. The third-order valence-corrected chi connectivity index (χ3v) is 5.50. The lowest BCUT2D eigenvalue weighted by Gasteiger charge is -2.24. The number of carbonyl (C=O) groups excluding carboxylic acids is 1. The SMILES string of the molecule is Cc1cc(C)c2c(CC(=O)NCc3nncn3C3CCCCC3)coc2c1. The average molecular weight is 366 g/mol. The number of hydrogen-bond donors (Lipinski definition) is 1. The smallest absolute Gasteiger partial charge is 0.224 e. The normalized spacial score (nSPS) is 15.3. The molecular formula is C21H26N4O2. The van der Waals surface area contributed by atoms with Crippen molar-refractivity contribution in [2.24, 2.45) is 0 Å². The van der Waals surface area contributed by atoms with Gasteiger partial charge in [-0.3, -0.25) is 4.79 Å². The van der Waals surface area contributed by atoms with Crippen molar-refractivity contribution in [1.29, 1.82) is 0 Å². The zero-order valence-electron chi connectivity index (χ0n) is 16.0. The van der Waals surface area contributed by atoms with Gasteiger partial charge >= 0.3 is 0 Å². The van der Waals surface area contributed by atoms with Crippen LogP contribution in [-0.4, -0.2) is 20.7 Å². The van der Waals surface area contributed by atoms with Crippen molar-refractivity contribution in [1.82, 2.24) is 20.1 Å². The highest BCUT2D eigenvalue weighted by Gasteiger charge is 2.19. The highest BCUT2D eigenvalue weighted by atomic mass is 16.3. The molecule has 1 aliphatic rings. The molecule has 0 bridgehead atoms. The Bertz CT molecular complexity index is 950. The topological polar surface area (TPSA) is 73.0 Å². The predicted molar refractivity (Wildman–Crippen MR) is 103 cm³/mol. The first-order valence-electron chi connectivity index (χ1n) is 9.74. The van der Waals surface area contributed by atoms with E-state index >= 15 is 0 Å². The molecular weight excluding hydrogens is 340 g/mol. The molecule has 1 N–H and O–H groups in total. The van der Waals surface area contributed by atoms with Gasteiger partial charge in [-0.1, -0.05) is 25.3 Å². The fraction of sp³-hybridized carbons (Fsp3) is 0.476. The Morgan fingerprint density at radius 2 is 2.07 bits per heavy atom. The number of amides is 1. The van der Waals surface area contributed by atoms with Gasteiger partial charge in [-0.05, 0) is 43.9 Å². The molecule has 6 heteroatoms. The summed E-state index contributed by atoms with van der Waals surface area (Å²) in [7, 11) is 0. The molecule has 0 aliphatic heterocycles. The lowest BCUT2D eigenvalue weighted by molar-refractivity contribution is -0.120. The van der Waals surface area contributed by atoms with Crippen molar-refractivity contribution in [2.45, 2.75) is 65.0 Å². The summed E-state index contributed by atoms with van der Waals surface area (Å²) in [5.74, 6) is 0.801. The third-order valence-electron chi connectivity index (χ3n) is 5.50. The van der Waals surface area contributed by atoms with Crippen LogP contribution in [0.25, 0.3) is 11.0 Å². The van der Waals surface area contributed by atoms with Crippen molar-refractivity contribution < 1.29 is 9.21 Å². The molecule has 3 aromatic rings. The van der Waals surface area contributed by atoms with Crippen LogP contribution in [-0.2, 0) is 17.8 Å². The van der Waals surface area contributed by atoms with Crippen molar-refractivity contribution in [2.75, 3.05) is 0 Å². The molecule has 1 fully saturated rings. The molecule has 2 heterocycles. The molecule has 1 aromatic carbocycles. The van der Waals surface area contributed by atoms with Crippen molar-refractivity contribution in [3.8, 4) is 0 Å². The molecule has 0 spiro atoms. The van der Waals surface area contributed by atoms with Gasteiger partial charge in [0.15, 0.2) is 5.82 Å². The molecule has 1 aliphatic carbocycles. The van der Waals surface area contributed by atoms with Gasteiger partial charge in [-0.2, -0.15) is 0 Å². The first-order chi connectivity index (χ1) is 13.1. The number of aromatic nitrogens is 3. The van der Waals surface area contributed by atoms with Crippen LogP contribution in [0.4, 0.5) is 0 Å². The number of aryl methyl sites for hydroxylation is 2. The van der Waals surface area contributed by atoms with Crippen LogP contribution in [0.5, 0.6) is 0 Å². The van der Waals surface area contributed by atoms with Crippen molar-refractivity contribution >= 4 is 16.9 Å². The van der Waals surface area contributed by atoms with Crippen LogP contribution >= 0.6 is 0 Å². The lowest BCUT2D eigenvalue weighted by atomic mass is 9.95. The minimum Gasteiger partial charge on any atom is -0.464 e. The van der Waals surface area contributed by atoms with Gasteiger partial charge in [-0.25, -0.2) is 0 Å². The van der Waals surface area contributed by atoms with E-state index < -0.39 is 0 Å². The van der Waals surface area contributed by atoms with Crippen molar-refractivity contribution in [3.63, 3.8) is 0 Å². The highest BCUT2D eigenvalue weighted by molar-refractivity contribution is 5.90. The molecule has 0 atom stereocenters. The Morgan fingerprint density at radius 1 is 1.26 bits per heavy atom. The standard InChI is InChI=1S/C21H26N4O2/c1-14-8-15(2)21-16(12-27-18(21)9-14)10-20(26)22-11-19-24-23-13-25(19)17-6-4-3-5-7-17/h8-9,12-13,17H,3-7,10-11H2,1-2H3,(H,22,26). The van der Waals surface area contributed by atoms with E-state index in [-0.39, 0.29) is 5.91 Å². The highest BCUT2D eigenvalue weighted by Crippen LogP contribution is 2.29. The first-order valence-corrected chi connectivity index (χ1v) is 9.74. The molecule has 0 saturated heterocycles. The third kappa shape index (κ3) is 3.75. The molecule has 0 radical (unpaired) electrons. The van der Waals surface area contributed by atoms with E-state index in [1.807, 2.05) is 13.0 Å². The molecule has 1 amide bonds. The second-order valence-electron chi connectivity index (χ2n) is 7.62. The van der Waals surface area contributed by atoms with Gasteiger partial charge in [0.2, 0.25) is 5.91 Å². The number of rotatable bonds is 5. The predicted octanol–water partition coefficient (Wildman–Crippen LogP) is 4.01. The number of carbonyl (C=O) groups is 1. The molecule has 6 nitrogen and oxygen atoms in total. The zero-order chi connectivity index (χ0) is 18.8. The van der Waals surface area contributed by atoms with Gasteiger partial charge in [0.05, 0.1) is 19.2 Å². The summed E-state index contributed by atoms with van der Waals surface area (Å²) in [6.45, 7) is 4.51. The molecule has 0 unspecified atom stereocenters. The van der Waals surface area contributed by atoms with Crippen LogP contribution in [0.1, 0.15) is 60.7 Å². The summed E-state index contributed by atoms with van der Waals surface area (Å²) in [6.07, 6.45) is 9.93. The summed E-state index contributed by atoms with van der Waals surface area (Å²) in [5, 5.41) is 12.3. The fourth-order valence-corrected chi connectivity index (χ4v) is 4.23. The molecule has 1 saturated carbocycles. The van der Waals surface area contributed by atoms with E-state index in [2.05, 4.69) is 33.1 Å². The van der Waals surface area contributed by atoms with E-state index in [0.717, 1.165) is 33.5 Å². The quantitative estimate of drug-likeness (QED) is 0.740. The number of fused-ring (bicyclic) bond motifs is 1. The van der Waals surface area contributed by atoms with E-state index in [9.17, 15) is 4.79 Å². The maximum absolute atomic E-state index is 12.5. The average Bonchev–Trinajstić information content (AvgIpc) is 3.28. The maximum Gasteiger partial charge on any atom is 0.224 e. The van der Waals surface area contributed by atoms with Crippen LogP contribution in [0.15, 0.2) is 29.1 Å². The number of nitrogens with zero attached hydrogens (tertiary/aromatic N) is 3. The minimum absolute atomic E-state index is 0.0316. The van der Waals surface area contributed by atoms with Crippen molar-refractivity contribution in [3.05, 3.63) is 47.2 Å². The van der Waals surface area contributed by atoms with Gasteiger partial charge in [0.25, 0.3) is 0 Å². The number of furan rings is 1. The second kappa shape index (κ2) is 7.55. The summed E-state index contributed by atoms with van der Waals surface area (Å²) >= 11 is 0. The van der Waals surface area contributed by atoms with Crippen LogP contribution in [0.2, 0.25) is 0 Å². The summed E-state index contributed by atoms with van der Waals surface area (Å²) < 4.78 is 7.79. The van der Waals surface area contributed by atoms with Gasteiger partial charge in [0.1, 0.15) is 11.9 Å². The van der Waals surface area contributed by atoms with E-state index in [4.69, 9.17) is 4.42 Å². The molecule has 2 aromatic heterocycles. The van der Waals surface area contributed by atoms with Gasteiger partial charge < -0.3 is 14.3 Å². The largest absolute Gasteiger partial charge is 0.464 e. The van der Waals surface area contributed by atoms with Crippen LogP contribution in [0, 0.1) is 13.8 Å². The Hall–Kier alpha value is -2.63. The Morgan fingerprint density at radius 3 is 2.89 bits per heavy atom. The van der Waals surface area contributed by atoms with Gasteiger partial charge in [-0.15, -0.1) is 10.2 Å². The Labute approximate surface area is 159 Å². The van der Waals surface area contributed by atoms with Crippen LogP contribution < -0.4 is 5.32 Å². The number of hydrogen-bond acceptors (Lipinski definition) is 4. The van der Waals surface area contributed by atoms with Gasteiger partial charge in [0, 0.05) is 17.0 Å². The Kier molecular flexibility index (Phi) is 4.97. The summed E-state index contributed by atoms with van der Waals surface area (Å²) in [5.41, 5.74) is 4.06. The van der Waals surface area contributed by atoms with E-state index in [1.165, 1.54) is 32.1 Å². The summed E-state index contributed by atoms with van der Waals surface area (Å²) in [4.78, 5) is 12.5. The molecule has 4 rings (SSSR count). The minimum atomic E-state index is -0.0316. The number of benzene rings is 1. The zero-order valence-corrected chi connectivity index (χ0v) is 16.0. The van der Waals surface area contributed by atoms with Crippen LogP contribution in [0.3, 0.4) is 0 Å². The van der Waals surface area contributed by atoms with E-state index in [1.54, 1.807) is 12.6 Å². The number of nitrogens with one attached hydrogen (secondary N) is 1. The van der Waals surface area contributed by atoms with E-state index in [0.29, 0.717) is 19.0 Å². The molecule has 142 valence electrons. The monoisotopic (exact) mass is 366 g/mol. The second-order valence-corrected chi connectivity index (χ2v) is 7.62. The fourth-order valence-electron chi connectivity index (χ4n) is 4.23. The first kappa shape index (κ1) is 17.8. The maximum atomic E-state index is 12.5.